The number of benzene rings is 1. The van der Waals surface area contributed by atoms with Crippen molar-refractivity contribution < 1.29 is 14.2 Å². The molecular weight excluding hydrogens is 266 g/mol. The van der Waals surface area contributed by atoms with Crippen LogP contribution in [0.2, 0.25) is 0 Å². The Hall–Kier alpha value is -1.26. The van der Waals surface area contributed by atoms with E-state index in [4.69, 9.17) is 14.2 Å². The molecule has 0 aliphatic carbocycles. The van der Waals surface area contributed by atoms with Crippen molar-refractivity contribution in [2.24, 2.45) is 0 Å². The van der Waals surface area contributed by atoms with Crippen LogP contribution in [0, 0.1) is 0 Å². The minimum absolute atomic E-state index is 0.218. The second-order valence-electron chi connectivity index (χ2n) is 5.42. The van der Waals surface area contributed by atoms with Gasteiger partial charge in [0, 0.05) is 18.7 Å². The van der Waals surface area contributed by atoms with Gasteiger partial charge < -0.3 is 19.5 Å². The first kappa shape index (κ1) is 16.1. The van der Waals surface area contributed by atoms with Crippen molar-refractivity contribution in [3.8, 4) is 11.5 Å². The van der Waals surface area contributed by atoms with Crippen molar-refractivity contribution in [1.29, 1.82) is 0 Å². The summed E-state index contributed by atoms with van der Waals surface area (Å²) in [5, 5.41) is 3.46. The predicted octanol–water partition coefficient (Wildman–Crippen LogP) is 3.14. The molecule has 1 unspecified atom stereocenters. The lowest BCUT2D eigenvalue weighted by Crippen LogP contribution is -2.19. The highest BCUT2D eigenvalue weighted by Crippen LogP contribution is 2.31. The number of nitrogens with one attached hydrogen (secondary N) is 1. The zero-order chi connectivity index (χ0) is 14.9. The van der Waals surface area contributed by atoms with E-state index in [2.05, 4.69) is 18.3 Å². The van der Waals surface area contributed by atoms with Crippen LogP contribution in [0.1, 0.15) is 38.2 Å². The summed E-state index contributed by atoms with van der Waals surface area (Å²) in [7, 11) is 1.68. The van der Waals surface area contributed by atoms with E-state index < -0.39 is 0 Å². The van der Waals surface area contributed by atoms with Crippen molar-refractivity contribution in [1.82, 2.24) is 5.32 Å². The first-order chi connectivity index (χ1) is 10.3. The molecule has 0 saturated carbocycles. The van der Waals surface area contributed by atoms with E-state index in [1.165, 1.54) is 12.8 Å². The Balaban J connectivity index is 1.97. The number of unbranched alkanes of at least 4 members (excludes halogenated alkanes) is 1. The smallest absolute Gasteiger partial charge is 0.165 e. The molecular formula is C17H27NO3. The third-order valence-corrected chi connectivity index (χ3v) is 3.74. The molecule has 1 atom stereocenters. The molecule has 1 fully saturated rings. The maximum atomic E-state index is 6.01. The highest BCUT2D eigenvalue weighted by Gasteiger charge is 2.18. The summed E-state index contributed by atoms with van der Waals surface area (Å²) >= 11 is 0. The number of hydrogen-bond donors (Lipinski definition) is 1. The number of rotatable bonds is 9. The van der Waals surface area contributed by atoms with Gasteiger partial charge in [-0.05, 0) is 31.9 Å². The zero-order valence-electron chi connectivity index (χ0n) is 13.2. The molecule has 21 heavy (non-hydrogen) atoms. The summed E-state index contributed by atoms with van der Waals surface area (Å²) in [4.78, 5) is 0. The minimum atomic E-state index is 0.218. The second kappa shape index (κ2) is 8.90. The Morgan fingerprint density at radius 2 is 2.29 bits per heavy atom. The molecule has 1 aromatic carbocycles. The SMILES string of the molecule is CCCCNCc1cccc(OC)c1OCC1CCCO1. The Morgan fingerprint density at radius 1 is 1.38 bits per heavy atom. The van der Waals surface area contributed by atoms with Crippen LogP contribution in [-0.4, -0.2) is 33.0 Å². The average molecular weight is 293 g/mol. The van der Waals surface area contributed by atoms with Gasteiger partial charge in [-0.1, -0.05) is 25.5 Å². The van der Waals surface area contributed by atoms with Crippen molar-refractivity contribution in [2.45, 2.75) is 45.3 Å². The molecule has 0 bridgehead atoms. The Morgan fingerprint density at radius 3 is 3.00 bits per heavy atom. The topological polar surface area (TPSA) is 39.7 Å². The normalized spacial score (nSPS) is 17.9. The summed E-state index contributed by atoms with van der Waals surface area (Å²) in [5.41, 5.74) is 1.14. The monoisotopic (exact) mass is 293 g/mol. The van der Waals surface area contributed by atoms with Crippen LogP contribution < -0.4 is 14.8 Å². The fraction of sp³-hybridized carbons (Fsp3) is 0.647. The van der Waals surface area contributed by atoms with E-state index in [1.807, 2.05) is 12.1 Å². The van der Waals surface area contributed by atoms with E-state index in [0.717, 1.165) is 49.6 Å². The molecule has 1 aliphatic heterocycles. The predicted molar refractivity (Wildman–Crippen MR) is 84.1 cm³/mol. The minimum Gasteiger partial charge on any atom is -0.493 e. The van der Waals surface area contributed by atoms with E-state index in [9.17, 15) is 0 Å². The maximum absolute atomic E-state index is 6.01. The van der Waals surface area contributed by atoms with Crippen molar-refractivity contribution >= 4 is 0 Å². The maximum Gasteiger partial charge on any atom is 0.165 e. The molecule has 0 spiro atoms. The molecule has 118 valence electrons. The Kier molecular flexibility index (Phi) is 6.83. The quantitative estimate of drug-likeness (QED) is 0.710. The standard InChI is InChI=1S/C17H27NO3/c1-3-4-10-18-12-14-7-5-9-16(19-2)17(14)21-13-15-8-6-11-20-15/h5,7,9,15,18H,3-4,6,8,10-13H2,1-2H3. The van der Waals surface area contributed by atoms with Crippen LogP contribution in [0.25, 0.3) is 0 Å². The van der Waals surface area contributed by atoms with Crippen molar-refractivity contribution in [2.75, 3.05) is 26.9 Å². The molecule has 1 aromatic rings. The van der Waals surface area contributed by atoms with Gasteiger partial charge >= 0.3 is 0 Å². The second-order valence-corrected chi connectivity index (χ2v) is 5.42. The van der Waals surface area contributed by atoms with Gasteiger partial charge in [0.2, 0.25) is 0 Å². The fourth-order valence-corrected chi connectivity index (χ4v) is 2.50. The third kappa shape index (κ3) is 4.90. The summed E-state index contributed by atoms with van der Waals surface area (Å²) in [5.74, 6) is 1.64. The molecule has 0 aromatic heterocycles. The highest BCUT2D eigenvalue weighted by molar-refractivity contribution is 5.46. The molecule has 4 nitrogen and oxygen atoms in total. The van der Waals surface area contributed by atoms with Crippen molar-refractivity contribution in [3.05, 3.63) is 23.8 Å². The van der Waals surface area contributed by atoms with Crippen LogP contribution in [0.4, 0.5) is 0 Å². The molecule has 1 aliphatic rings. The lowest BCUT2D eigenvalue weighted by molar-refractivity contribution is 0.0666. The molecule has 2 rings (SSSR count). The van der Waals surface area contributed by atoms with Gasteiger partial charge in [0.1, 0.15) is 6.61 Å². The summed E-state index contributed by atoms with van der Waals surface area (Å²) in [6.07, 6.45) is 4.82. The highest BCUT2D eigenvalue weighted by atomic mass is 16.5. The van der Waals surface area contributed by atoms with Gasteiger partial charge in [0.05, 0.1) is 13.2 Å². The van der Waals surface area contributed by atoms with E-state index in [-0.39, 0.29) is 6.10 Å². The van der Waals surface area contributed by atoms with Gasteiger partial charge in [-0.3, -0.25) is 0 Å². The van der Waals surface area contributed by atoms with Gasteiger partial charge in [-0.15, -0.1) is 0 Å². The average Bonchev–Trinajstić information content (AvgIpc) is 3.03. The van der Waals surface area contributed by atoms with E-state index >= 15 is 0 Å². The lowest BCUT2D eigenvalue weighted by Gasteiger charge is -2.17. The Bertz CT molecular complexity index is 416. The molecule has 1 heterocycles. The number of ether oxygens (including phenoxy) is 3. The van der Waals surface area contributed by atoms with Crippen molar-refractivity contribution in [3.63, 3.8) is 0 Å². The number of hydrogen-bond acceptors (Lipinski definition) is 4. The first-order valence-electron chi connectivity index (χ1n) is 7.96. The van der Waals surface area contributed by atoms with Gasteiger partial charge in [0.15, 0.2) is 11.5 Å². The van der Waals surface area contributed by atoms with Crippen LogP contribution in [-0.2, 0) is 11.3 Å². The summed E-state index contributed by atoms with van der Waals surface area (Å²) in [6, 6.07) is 6.04. The fourth-order valence-electron chi connectivity index (χ4n) is 2.50. The summed E-state index contributed by atoms with van der Waals surface area (Å²) < 4.78 is 17.1. The van der Waals surface area contributed by atoms with Crippen LogP contribution in [0.5, 0.6) is 11.5 Å². The van der Waals surface area contributed by atoms with Gasteiger partial charge in [-0.2, -0.15) is 0 Å². The molecule has 1 N–H and O–H groups in total. The molecule has 0 amide bonds. The first-order valence-corrected chi connectivity index (χ1v) is 7.96. The van der Waals surface area contributed by atoms with Crippen LogP contribution >= 0.6 is 0 Å². The molecule has 4 heteroatoms. The van der Waals surface area contributed by atoms with Gasteiger partial charge in [-0.25, -0.2) is 0 Å². The van der Waals surface area contributed by atoms with Crippen LogP contribution in [0.3, 0.4) is 0 Å². The third-order valence-electron chi connectivity index (χ3n) is 3.74. The van der Waals surface area contributed by atoms with Crippen LogP contribution in [0.15, 0.2) is 18.2 Å². The summed E-state index contributed by atoms with van der Waals surface area (Å²) in [6.45, 7) is 5.48. The largest absolute Gasteiger partial charge is 0.493 e. The zero-order valence-corrected chi connectivity index (χ0v) is 13.2. The van der Waals surface area contributed by atoms with Gasteiger partial charge in [0.25, 0.3) is 0 Å². The van der Waals surface area contributed by atoms with E-state index in [1.54, 1.807) is 7.11 Å². The lowest BCUT2D eigenvalue weighted by atomic mass is 10.1. The number of methoxy groups -OCH3 is 1. The number of para-hydroxylation sites is 1. The van der Waals surface area contributed by atoms with E-state index in [0.29, 0.717) is 6.61 Å². The Labute approximate surface area is 127 Å². The molecule has 0 radical (unpaired) electrons. The molecule has 1 saturated heterocycles.